The predicted molar refractivity (Wildman–Crippen MR) is 77.9 cm³/mol. The second-order valence-corrected chi connectivity index (χ2v) is 5.81. The van der Waals surface area contributed by atoms with Gasteiger partial charge in [-0.1, -0.05) is 6.07 Å². The van der Waals surface area contributed by atoms with Gasteiger partial charge in [0.1, 0.15) is 0 Å². The summed E-state index contributed by atoms with van der Waals surface area (Å²) < 4.78 is 39.2. The van der Waals surface area contributed by atoms with E-state index in [1.807, 2.05) is 0 Å². The van der Waals surface area contributed by atoms with E-state index >= 15 is 0 Å². The average Bonchev–Trinajstić information content (AvgIpc) is 2.52. The highest BCUT2D eigenvalue weighted by Crippen LogP contribution is 2.33. The zero-order chi connectivity index (χ0) is 17.0. The molecule has 2 rings (SSSR count). The number of hydrogen-bond acceptors (Lipinski definition) is 3. The summed E-state index contributed by atoms with van der Waals surface area (Å²) in [4.78, 5) is 12.1. The third kappa shape index (κ3) is 4.45. The smallest absolute Gasteiger partial charge is 0.352 e. The Bertz CT molecular complexity index is 614. The fraction of sp³-hybridized carbons (Fsp3) is 0.500. The first-order chi connectivity index (χ1) is 10.8. The van der Waals surface area contributed by atoms with E-state index in [1.165, 1.54) is 12.1 Å². The molecule has 0 heterocycles. The van der Waals surface area contributed by atoms with Crippen LogP contribution in [0.5, 0.6) is 0 Å². The van der Waals surface area contributed by atoms with Crippen LogP contribution in [0.3, 0.4) is 0 Å². The minimum atomic E-state index is -4.56. The number of amides is 1. The van der Waals surface area contributed by atoms with E-state index in [0.29, 0.717) is 12.8 Å². The second-order valence-electron chi connectivity index (χ2n) is 5.81. The molecule has 1 saturated carbocycles. The zero-order valence-corrected chi connectivity index (χ0v) is 12.5. The molecule has 0 unspecified atom stereocenters. The Labute approximate surface area is 132 Å². The molecule has 0 radical (unpaired) electrons. The minimum absolute atomic E-state index is 0.0441. The van der Waals surface area contributed by atoms with Crippen LogP contribution in [0, 0.1) is 17.2 Å². The first-order valence-corrected chi connectivity index (χ1v) is 7.44. The van der Waals surface area contributed by atoms with Crippen molar-refractivity contribution in [3.8, 4) is 6.07 Å². The van der Waals surface area contributed by atoms with Crippen LogP contribution >= 0.6 is 0 Å². The van der Waals surface area contributed by atoms with Crippen LogP contribution in [0.15, 0.2) is 18.2 Å². The Morgan fingerprint density at radius 2 is 1.96 bits per heavy atom. The Morgan fingerprint density at radius 3 is 2.52 bits per heavy atom. The summed E-state index contributed by atoms with van der Waals surface area (Å²) in [5, 5.41) is 11.3. The molecule has 0 spiro atoms. The van der Waals surface area contributed by atoms with Gasteiger partial charge in [-0.2, -0.15) is 18.4 Å². The summed E-state index contributed by atoms with van der Waals surface area (Å²) in [5.74, 6) is -0.433. The van der Waals surface area contributed by atoms with Crippen LogP contribution < -0.4 is 11.1 Å². The number of hydrogen-bond donors (Lipinski definition) is 2. The SMILES string of the molecule is N#Cc1ccc(CNC(=O)[C@H]2CC[C@@H](N)CC2)c(C(F)(F)F)c1. The number of halogens is 3. The van der Waals surface area contributed by atoms with Crippen molar-refractivity contribution in [3.63, 3.8) is 0 Å². The van der Waals surface area contributed by atoms with E-state index in [-0.39, 0.29) is 35.5 Å². The number of nitrogens with zero attached hydrogens (tertiary/aromatic N) is 1. The number of nitrogens with one attached hydrogen (secondary N) is 1. The maximum absolute atomic E-state index is 13.1. The number of benzene rings is 1. The molecule has 1 aromatic rings. The van der Waals surface area contributed by atoms with Gasteiger partial charge in [-0.25, -0.2) is 0 Å². The summed E-state index contributed by atoms with van der Waals surface area (Å²) in [6.07, 6.45) is -1.74. The molecule has 1 aliphatic rings. The molecule has 1 aromatic carbocycles. The Kier molecular flexibility index (Phi) is 5.26. The summed E-state index contributed by atoms with van der Waals surface area (Å²) >= 11 is 0. The van der Waals surface area contributed by atoms with Crippen LogP contribution in [0.1, 0.15) is 42.4 Å². The molecule has 0 aromatic heterocycles. The lowest BCUT2D eigenvalue weighted by Gasteiger charge is -2.25. The van der Waals surface area contributed by atoms with Crippen molar-refractivity contribution in [3.05, 3.63) is 34.9 Å². The molecule has 1 fully saturated rings. The fourth-order valence-corrected chi connectivity index (χ4v) is 2.77. The number of nitriles is 1. The van der Waals surface area contributed by atoms with E-state index in [0.717, 1.165) is 18.9 Å². The molecule has 0 saturated heterocycles. The Balaban J connectivity index is 2.05. The molecule has 23 heavy (non-hydrogen) atoms. The fourth-order valence-electron chi connectivity index (χ4n) is 2.77. The monoisotopic (exact) mass is 325 g/mol. The third-order valence-corrected chi connectivity index (χ3v) is 4.14. The van der Waals surface area contributed by atoms with Gasteiger partial charge in [-0.15, -0.1) is 0 Å². The lowest BCUT2D eigenvalue weighted by molar-refractivity contribution is -0.138. The molecule has 7 heteroatoms. The largest absolute Gasteiger partial charge is 0.416 e. The molecular weight excluding hydrogens is 307 g/mol. The molecule has 1 aliphatic carbocycles. The van der Waals surface area contributed by atoms with E-state index in [9.17, 15) is 18.0 Å². The number of alkyl halides is 3. The van der Waals surface area contributed by atoms with Crippen molar-refractivity contribution >= 4 is 5.91 Å². The van der Waals surface area contributed by atoms with E-state index in [2.05, 4.69) is 5.32 Å². The first kappa shape index (κ1) is 17.3. The van der Waals surface area contributed by atoms with E-state index in [1.54, 1.807) is 6.07 Å². The quantitative estimate of drug-likeness (QED) is 0.897. The van der Waals surface area contributed by atoms with E-state index < -0.39 is 11.7 Å². The van der Waals surface area contributed by atoms with Gasteiger partial charge in [0.25, 0.3) is 0 Å². The molecule has 1 amide bonds. The van der Waals surface area contributed by atoms with Crippen molar-refractivity contribution in [1.82, 2.24) is 5.32 Å². The predicted octanol–water partition coefficient (Wildman–Crippen LogP) is 2.71. The van der Waals surface area contributed by atoms with Crippen molar-refractivity contribution in [2.75, 3.05) is 0 Å². The second kappa shape index (κ2) is 7.01. The summed E-state index contributed by atoms with van der Waals surface area (Å²) in [6, 6.07) is 5.15. The van der Waals surface area contributed by atoms with Crippen LogP contribution in [0.2, 0.25) is 0 Å². The van der Waals surface area contributed by atoms with Crippen LogP contribution in [0.4, 0.5) is 13.2 Å². The maximum atomic E-state index is 13.1. The van der Waals surface area contributed by atoms with Gasteiger partial charge in [0, 0.05) is 18.5 Å². The highest BCUT2D eigenvalue weighted by molar-refractivity contribution is 5.78. The summed E-state index contributed by atoms with van der Waals surface area (Å²) in [6.45, 7) is -0.206. The zero-order valence-electron chi connectivity index (χ0n) is 12.5. The first-order valence-electron chi connectivity index (χ1n) is 7.44. The third-order valence-electron chi connectivity index (χ3n) is 4.14. The molecule has 0 atom stereocenters. The minimum Gasteiger partial charge on any atom is -0.352 e. The van der Waals surface area contributed by atoms with Crippen LogP contribution in [0.25, 0.3) is 0 Å². The van der Waals surface area contributed by atoms with Gasteiger partial charge in [-0.05, 0) is 43.4 Å². The molecule has 0 bridgehead atoms. The number of nitrogens with two attached hydrogens (primary N) is 1. The molecule has 124 valence electrons. The van der Waals surface area contributed by atoms with Crippen LogP contribution in [-0.4, -0.2) is 11.9 Å². The number of carbonyl (C=O) groups excluding carboxylic acids is 1. The standard InChI is InChI=1S/C16H18F3N3O/c17-16(18,19)14-7-10(8-20)1-2-12(14)9-22-15(23)11-3-5-13(21)6-4-11/h1-2,7,11,13H,3-6,9,21H2,(H,22,23)/t11-,13+. The normalized spacial score (nSPS) is 21.5. The van der Waals surface area contributed by atoms with Crippen LogP contribution in [-0.2, 0) is 17.5 Å². The Morgan fingerprint density at radius 1 is 1.30 bits per heavy atom. The van der Waals surface area contributed by atoms with Crippen molar-refractivity contribution in [2.24, 2.45) is 11.7 Å². The topological polar surface area (TPSA) is 78.9 Å². The molecule has 0 aliphatic heterocycles. The van der Waals surface area contributed by atoms with Gasteiger partial charge in [0.05, 0.1) is 17.2 Å². The highest BCUT2D eigenvalue weighted by atomic mass is 19.4. The summed E-state index contributed by atoms with van der Waals surface area (Å²) in [5.41, 5.74) is 4.78. The number of carbonyl (C=O) groups is 1. The Hall–Kier alpha value is -2.07. The van der Waals surface area contributed by atoms with E-state index in [4.69, 9.17) is 11.0 Å². The van der Waals surface area contributed by atoms with Crippen molar-refractivity contribution in [2.45, 2.75) is 44.4 Å². The highest BCUT2D eigenvalue weighted by Gasteiger charge is 2.34. The van der Waals surface area contributed by atoms with Gasteiger partial charge in [-0.3, -0.25) is 4.79 Å². The lowest BCUT2D eigenvalue weighted by Crippen LogP contribution is -2.36. The van der Waals surface area contributed by atoms with Crippen molar-refractivity contribution in [1.29, 1.82) is 5.26 Å². The average molecular weight is 325 g/mol. The van der Waals surface area contributed by atoms with Gasteiger partial charge in [0.15, 0.2) is 0 Å². The molecule has 3 N–H and O–H groups in total. The number of rotatable bonds is 3. The lowest BCUT2D eigenvalue weighted by atomic mass is 9.86. The molecular formula is C16H18F3N3O. The van der Waals surface area contributed by atoms with Gasteiger partial charge >= 0.3 is 6.18 Å². The molecule has 4 nitrogen and oxygen atoms in total. The maximum Gasteiger partial charge on any atom is 0.416 e. The van der Waals surface area contributed by atoms with Crippen molar-refractivity contribution < 1.29 is 18.0 Å². The summed E-state index contributed by atoms with van der Waals surface area (Å²) in [7, 11) is 0. The van der Waals surface area contributed by atoms with Gasteiger partial charge < -0.3 is 11.1 Å². The van der Waals surface area contributed by atoms with Gasteiger partial charge in [0.2, 0.25) is 5.91 Å².